The van der Waals surface area contributed by atoms with Crippen molar-refractivity contribution in [2.75, 3.05) is 13.2 Å². The van der Waals surface area contributed by atoms with Crippen molar-refractivity contribution in [1.29, 1.82) is 0 Å². The standard InChI is InChI=1S/C9H15F2NO2/c1-6(12-9(13)8(10)11)7-2-4-14-5-3-7/h6-8H,2-5H2,1H3,(H,12,13). The molecule has 1 saturated heterocycles. The molecule has 1 rings (SSSR count). The highest BCUT2D eigenvalue weighted by Crippen LogP contribution is 2.18. The van der Waals surface area contributed by atoms with Crippen LogP contribution in [0.25, 0.3) is 0 Å². The van der Waals surface area contributed by atoms with Crippen LogP contribution in [-0.2, 0) is 9.53 Å². The Morgan fingerprint density at radius 1 is 1.43 bits per heavy atom. The summed E-state index contributed by atoms with van der Waals surface area (Å²) in [6.45, 7) is 3.06. The number of hydrogen-bond acceptors (Lipinski definition) is 2. The lowest BCUT2D eigenvalue weighted by atomic mass is 9.93. The zero-order valence-corrected chi connectivity index (χ0v) is 8.13. The van der Waals surface area contributed by atoms with Gasteiger partial charge in [-0.1, -0.05) is 0 Å². The van der Waals surface area contributed by atoms with Crippen LogP contribution in [0.4, 0.5) is 8.78 Å². The van der Waals surface area contributed by atoms with Crippen molar-refractivity contribution in [3.63, 3.8) is 0 Å². The number of rotatable bonds is 3. The van der Waals surface area contributed by atoms with Gasteiger partial charge < -0.3 is 10.1 Å². The summed E-state index contributed by atoms with van der Waals surface area (Å²) >= 11 is 0. The summed E-state index contributed by atoms with van der Waals surface area (Å²) in [5, 5.41) is 2.30. The molecule has 0 radical (unpaired) electrons. The molecule has 1 atom stereocenters. The van der Waals surface area contributed by atoms with Crippen LogP contribution in [0.2, 0.25) is 0 Å². The van der Waals surface area contributed by atoms with Crippen LogP contribution in [-0.4, -0.2) is 31.6 Å². The van der Waals surface area contributed by atoms with E-state index in [0.29, 0.717) is 13.2 Å². The highest BCUT2D eigenvalue weighted by Gasteiger charge is 2.24. The van der Waals surface area contributed by atoms with Gasteiger partial charge in [-0.05, 0) is 25.7 Å². The predicted molar refractivity (Wildman–Crippen MR) is 47.2 cm³/mol. The van der Waals surface area contributed by atoms with E-state index in [9.17, 15) is 13.6 Å². The summed E-state index contributed by atoms with van der Waals surface area (Å²) in [4.78, 5) is 10.7. The van der Waals surface area contributed by atoms with Crippen LogP contribution in [0.5, 0.6) is 0 Å². The number of carbonyl (C=O) groups excluding carboxylic acids is 1. The molecule has 1 aliphatic heterocycles. The maximum atomic E-state index is 11.9. The van der Waals surface area contributed by atoms with Gasteiger partial charge in [0.1, 0.15) is 0 Å². The summed E-state index contributed by atoms with van der Waals surface area (Å²) in [5.41, 5.74) is 0. The van der Waals surface area contributed by atoms with Gasteiger partial charge in [0.05, 0.1) is 0 Å². The number of carbonyl (C=O) groups is 1. The number of alkyl halides is 2. The molecule has 0 aromatic rings. The number of amides is 1. The molecular weight excluding hydrogens is 192 g/mol. The Morgan fingerprint density at radius 2 is 2.00 bits per heavy atom. The van der Waals surface area contributed by atoms with Gasteiger partial charge in [-0.2, -0.15) is 8.78 Å². The molecule has 0 spiro atoms. The molecule has 1 fully saturated rings. The molecule has 82 valence electrons. The van der Waals surface area contributed by atoms with E-state index in [1.54, 1.807) is 6.92 Å². The molecule has 0 bridgehead atoms. The highest BCUT2D eigenvalue weighted by atomic mass is 19.3. The van der Waals surface area contributed by atoms with Crippen LogP contribution in [0, 0.1) is 5.92 Å². The summed E-state index contributed by atoms with van der Waals surface area (Å²) in [6, 6.07) is -0.194. The lowest BCUT2D eigenvalue weighted by Gasteiger charge is -2.28. The molecule has 0 aromatic heterocycles. The molecule has 1 N–H and O–H groups in total. The molecule has 1 amide bonds. The summed E-state index contributed by atoms with van der Waals surface area (Å²) in [5.74, 6) is -0.921. The minimum atomic E-state index is -2.92. The van der Waals surface area contributed by atoms with Crippen LogP contribution >= 0.6 is 0 Å². The van der Waals surface area contributed by atoms with Gasteiger partial charge in [0.2, 0.25) is 0 Å². The molecule has 5 heteroatoms. The fourth-order valence-corrected chi connectivity index (χ4v) is 1.62. The van der Waals surface area contributed by atoms with E-state index in [1.807, 2.05) is 0 Å². The first kappa shape index (κ1) is 11.4. The first-order valence-corrected chi connectivity index (χ1v) is 4.77. The largest absolute Gasteiger partial charge is 0.381 e. The zero-order chi connectivity index (χ0) is 10.6. The Hall–Kier alpha value is -0.710. The zero-order valence-electron chi connectivity index (χ0n) is 8.13. The maximum absolute atomic E-state index is 11.9. The second-order valence-electron chi connectivity index (χ2n) is 3.55. The molecule has 14 heavy (non-hydrogen) atoms. The van der Waals surface area contributed by atoms with Gasteiger partial charge in [0, 0.05) is 19.3 Å². The quantitative estimate of drug-likeness (QED) is 0.754. The maximum Gasteiger partial charge on any atom is 0.315 e. The SMILES string of the molecule is CC(NC(=O)C(F)F)C1CCOCC1. The number of nitrogens with one attached hydrogen (secondary N) is 1. The highest BCUT2D eigenvalue weighted by molar-refractivity contribution is 5.79. The van der Waals surface area contributed by atoms with E-state index in [1.165, 1.54) is 0 Å². The van der Waals surface area contributed by atoms with Gasteiger partial charge >= 0.3 is 6.43 Å². The minimum Gasteiger partial charge on any atom is -0.381 e. The van der Waals surface area contributed by atoms with E-state index in [4.69, 9.17) is 4.74 Å². The monoisotopic (exact) mass is 207 g/mol. The summed E-state index contributed by atoms with van der Waals surface area (Å²) in [7, 11) is 0. The van der Waals surface area contributed by atoms with Crippen molar-refractivity contribution >= 4 is 5.91 Å². The average Bonchev–Trinajstić information content (AvgIpc) is 2.19. The Kier molecular flexibility index (Phi) is 4.25. The minimum absolute atomic E-state index is 0.194. The van der Waals surface area contributed by atoms with E-state index in [2.05, 4.69) is 5.32 Å². The first-order valence-electron chi connectivity index (χ1n) is 4.77. The fraction of sp³-hybridized carbons (Fsp3) is 0.889. The van der Waals surface area contributed by atoms with Gasteiger partial charge in [0.15, 0.2) is 0 Å². The van der Waals surface area contributed by atoms with E-state index in [-0.39, 0.29) is 12.0 Å². The van der Waals surface area contributed by atoms with Crippen molar-refractivity contribution in [1.82, 2.24) is 5.32 Å². The van der Waals surface area contributed by atoms with E-state index < -0.39 is 12.3 Å². The Balaban J connectivity index is 2.32. The van der Waals surface area contributed by atoms with Gasteiger partial charge in [0.25, 0.3) is 5.91 Å². The van der Waals surface area contributed by atoms with E-state index >= 15 is 0 Å². The van der Waals surface area contributed by atoms with Crippen molar-refractivity contribution in [2.45, 2.75) is 32.2 Å². The second kappa shape index (κ2) is 5.24. The molecule has 1 aliphatic rings. The van der Waals surface area contributed by atoms with Gasteiger partial charge in [-0.3, -0.25) is 4.79 Å². The third-order valence-corrected chi connectivity index (χ3v) is 2.54. The number of hydrogen-bond donors (Lipinski definition) is 1. The number of halogens is 2. The van der Waals surface area contributed by atoms with Gasteiger partial charge in [-0.25, -0.2) is 0 Å². The molecule has 1 unspecified atom stereocenters. The average molecular weight is 207 g/mol. The number of ether oxygens (including phenoxy) is 1. The molecule has 0 aromatic carbocycles. The van der Waals surface area contributed by atoms with Crippen LogP contribution in [0.15, 0.2) is 0 Å². The lowest BCUT2D eigenvalue weighted by molar-refractivity contribution is -0.133. The van der Waals surface area contributed by atoms with Crippen molar-refractivity contribution < 1.29 is 18.3 Å². The fourth-order valence-electron chi connectivity index (χ4n) is 1.62. The molecular formula is C9H15F2NO2. The molecule has 0 aliphatic carbocycles. The normalized spacial score (nSPS) is 20.9. The van der Waals surface area contributed by atoms with E-state index in [0.717, 1.165) is 12.8 Å². The Labute approximate surface area is 81.8 Å². The Morgan fingerprint density at radius 3 is 2.50 bits per heavy atom. The lowest BCUT2D eigenvalue weighted by Crippen LogP contribution is -2.42. The first-order chi connectivity index (χ1) is 6.61. The molecule has 1 heterocycles. The third-order valence-electron chi connectivity index (χ3n) is 2.54. The summed E-state index contributed by atoms with van der Waals surface area (Å²) in [6.07, 6.45) is -1.27. The van der Waals surface area contributed by atoms with Crippen LogP contribution in [0.1, 0.15) is 19.8 Å². The molecule has 3 nitrogen and oxygen atoms in total. The van der Waals surface area contributed by atoms with Gasteiger partial charge in [-0.15, -0.1) is 0 Å². The van der Waals surface area contributed by atoms with Crippen LogP contribution in [0.3, 0.4) is 0 Å². The second-order valence-corrected chi connectivity index (χ2v) is 3.55. The summed E-state index contributed by atoms with van der Waals surface area (Å²) < 4.78 is 29.0. The molecule has 0 saturated carbocycles. The topological polar surface area (TPSA) is 38.3 Å². The van der Waals surface area contributed by atoms with Crippen molar-refractivity contribution in [3.8, 4) is 0 Å². The van der Waals surface area contributed by atoms with Crippen molar-refractivity contribution in [3.05, 3.63) is 0 Å². The smallest absolute Gasteiger partial charge is 0.315 e. The van der Waals surface area contributed by atoms with Crippen LogP contribution < -0.4 is 5.32 Å². The predicted octanol–water partition coefficient (Wildman–Crippen LogP) is 1.18. The van der Waals surface area contributed by atoms with Crippen molar-refractivity contribution in [2.24, 2.45) is 5.92 Å². The third kappa shape index (κ3) is 3.21. The Bertz CT molecular complexity index is 193.